The van der Waals surface area contributed by atoms with Crippen molar-refractivity contribution < 1.29 is 225 Å². The van der Waals surface area contributed by atoms with Gasteiger partial charge in [-0.05, 0) is 0 Å². The molecule has 1 rings (SSSR count). The number of cyclic esters (lactones) is 1. The number of hydrogen-bond acceptors (Lipinski definition) is 16. The van der Waals surface area contributed by atoms with Crippen molar-refractivity contribution in [3.8, 4) is 0 Å². The Morgan fingerprint density at radius 3 is 1.43 bits per heavy atom. The summed E-state index contributed by atoms with van der Waals surface area (Å²) in [7, 11) is -17.9. The Bertz CT molecular complexity index is 646. The quantitative estimate of drug-likeness (QED) is 0.137. The van der Waals surface area contributed by atoms with E-state index in [1.165, 1.54) is 0 Å². The molecule has 0 radical (unpaired) electrons. The van der Waals surface area contributed by atoms with Crippen LogP contribution in [0, 0.1) is 0 Å². The average molecular weight is 544 g/mol. The van der Waals surface area contributed by atoms with Crippen LogP contribution in [-0.4, -0.2) is 45.2 Å². The second kappa shape index (κ2) is 20.2. The van der Waals surface area contributed by atoms with E-state index >= 15 is 0 Å². The molecule has 0 aromatic carbocycles. The third kappa shape index (κ3) is 21.4. The molecule has 1 aliphatic rings. The SMILES string of the molecule is O=C1O[C@H]([C@@H](O)CO)C(O)=C1O.O=P([O-])([O-])OP(=O)([O-])OP(=O)([O-])[O-].[Na+].[Na+].[Na+].[Na+].[Na+]. The third-order valence-electron chi connectivity index (χ3n) is 1.88. The molecule has 0 aromatic rings. The maximum Gasteiger partial charge on any atom is 1.00 e. The van der Waals surface area contributed by atoms with E-state index in [1.807, 2.05) is 0 Å². The summed E-state index contributed by atoms with van der Waals surface area (Å²) in [6.45, 7) is -0.671. The summed E-state index contributed by atoms with van der Waals surface area (Å²) in [5.74, 6) is -2.78. The number of aliphatic hydroxyl groups excluding tert-OH is 4. The molecular weight excluding hydrogens is 536 g/mol. The van der Waals surface area contributed by atoms with Crippen LogP contribution in [0.5, 0.6) is 0 Å². The monoisotopic (exact) mass is 544 g/mol. The summed E-state index contributed by atoms with van der Waals surface area (Å²) < 4.78 is 39.0. The Kier molecular flexibility index (Phi) is 31.9. The summed E-state index contributed by atoms with van der Waals surface area (Å²) in [5.41, 5.74) is 0. The number of esters is 1. The Hall–Kier alpha value is 4.14. The summed E-state index contributed by atoms with van der Waals surface area (Å²) in [6.07, 6.45) is -2.78. The summed E-state index contributed by atoms with van der Waals surface area (Å²) >= 11 is 0. The number of aliphatic hydroxyl groups is 4. The van der Waals surface area contributed by atoms with Crippen molar-refractivity contribution in [2.45, 2.75) is 12.2 Å². The molecule has 0 spiro atoms. The normalized spacial score (nSPS) is 16.6. The molecule has 1 aliphatic heterocycles. The van der Waals surface area contributed by atoms with Gasteiger partial charge in [0.2, 0.25) is 5.76 Å². The van der Waals surface area contributed by atoms with E-state index in [4.69, 9.17) is 20.4 Å². The van der Waals surface area contributed by atoms with Gasteiger partial charge >= 0.3 is 154 Å². The molecule has 0 saturated heterocycles. The van der Waals surface area contributed by atoms with Gasteiger partial charge in [-0.2, -0.15) is 0 Å². The van der Waals surface area contributed by atoms with Crippen molar-refractivity contribution in [1.82, 2.24) is 0 Å². The van der Waals surface area contributed by atoms with Crippen LogP contribution >= 0.6 is 23.5 Å². The second-order valence-corrected chi connectivity index (χ2v) is 7.80. The zero-order valence-corrected chi connectivity index (χ0v) is 29.1. The van der Waals surface area contributed by atoms with Gasteiger partial charge in [-0.25, -0.2) is 4.79 Å². The molecule has 0 amide bonds. The minimum Gasteiger partial charge on any atom is -0.790 e. The van der Waals surface area contributed by atoms with Gasteiger partial charge in [0.15, 0.2) is 11.9 Å². The predicted octanol–water partition coefficient (Wildman–Crippen LogP) is -20.2. The van der Waals surface area contributed by atoms with Gasteiger partial charge in [0, 0.05) is 0 Å². The Balaban J connectivity index is -0.0000000824. The standard InChI is InChI=1S/C6H8O6.5Na.H5O10P3/c7-1-2(8)5-3(9)4(10)6(11)12-5;;;;;;1-11(2,3)9-13(7,8)10-12(4,5)6/h2,5,7-10H,1H2;;;;;;(H,7,8)(H2,1,2,3)(H2,4,5,6)/q;5*+1;/p-5/t2-,5+;;;;;;/m0....../s1. The first-order valence-electron chi connectivity index (χ1n) is 5.39. The second-order valence-electron chi connectivity index (χ2n) is 3.81. The molecule has 0 unspecified atom stereocenters. The molecule has 4 N–H and O–H groups in total. The van der Waals surface area contributed by atoms with E-state index in [2.05, 4.69) is 13.4 Å². The van der Waals surface area contributed by atoms with Crippen molar-refractivity contribution in [3.63, 3.8) is 0 Å². The first-order chi connectivity index (χ1) is 11.0. The molecule has 16 nitrogen and oxygen atoms in total. The van der Waals surface area contributed by atoms with Crippen LogP contribution in [0.3, 0.4) is 0 Å². The largest absolute Gasteiger partial charge is 1.00 e. The van der Waals surface area contributed by atoms with Gasteiger partial charge in [0.1, 0.15) is 6.10 Å². The molecule has 0 saturated carbocycles. The van der Waals surface area contributed by atoms with Gasteiger partial charge < -0.3 is 58.8 Å². The number of ether oxygens (including phenoxy) is 1. The number of rotatable bonds is 6. The smallest absolute Gasteiger partial charge is 0.790 e. The summed E-state index contributed by atoms with van der Waals surface area (Å²) in [6, 6.07) is 0. The topological polar surface area (TPSA) is 292 Å². The average Bonchev–Trinajstić information content (AvgIpc) is 2.60. The summed E-state index contributed by atoms with van der Waals surface area (Å²) in [5, 5.41) is 35.0. The minimum absolute atomic E-state index is 0. The van der Waals surface area contributed by atoms with Gasteiger partial charge in [0.05, 0.1) is 22.3 Å². The van der Waals surface area contributed by atoms with E-state index in [-0.39, 0.29) is 148 Å². The first-order valence-corrected chi connectivity index (χ1v) is 9.77. The molecule has 30 heavy (non-hydrogen) atoms. The first kappa shape index (κ1) is 47.4. The fourth-order valence-electron chi connectivity index (χ4n) is 1.08. The third-order valence-corrected chi connectivity index (χ3v) is 5.08. The van der Waals surface area contributed by atoms with Crippen molar-refractivity contribution in [3.05, 3.63) is 11.5 Å². The fraction of sp³-hybridized carbons (Fsp3) is 0.500. The zero-order chi connectivity index (χ0) is 20.2. The predicted molar refractivity (Wildman–Crippen MR) is 60.2 cm³/mol. The molecule has 2 atom stereocenters. The molecule has 148 valence electrons. The van der Waals surface area contributed by atoms with Crippen molar-refractivity contribution in [2.75, 3.05) is 6.61 Å². The van der Waals surface area contributed by atoms with Gasteiger partial charge in [-0.1, -0.05) is 0 Å². The molecular formula is C6H8Na5O16P3. The van der Waals surface area contributed by atoms with E-state index < -0.39 is 59.8 Å². The molecule has 0 bridgehead atoms. The summed E-state index contributed by atoms with van der Waals surface area (Å²) in [4.78, 5) is 59.2. The van der Waals surface area contributed by atoms with Crippen molar-refractivity contribution in [1.29, 1.82) is 0 Å². The number of hydrogen-bond donors (Lipinski definition) is 4. The number of carbonyl (C=O) groups excluding carboxylic acids is 1. The molecule has 24 heteroatoms. The molecule has 1 heterocycles. The van der Waals surface area contributed by atoms with Gasteiger partial charge in [0.25, 0.3) is 7.82 Å². The van der Waals surface area contributed by atoms with Crippen LogP contribution in [-0.2, 0) is 31.8 Å². The zero-order valence-electron chi connectivity index (χ0n) is 16.4. The molecule has 0 aromatic heterocycles. The van der Waals surface area contributed by atoms with Gasteiger partial charge in [-0.15, -0.1) is 0 Å². The molecule has 0 fully saturated rings. The van der Waals surface area contributed by atoms with E-state index in [9.17, 15) is 43.0 Å². The number of phosphoric acid groups is 3. The number of carbonyl (C=O) groups is 1. The Labute approximate surface area is 279 Å². The molecule has 0 aliphatic carbocycles. The van der Waals surface area contributed by atoms with Crippen LogP contribution in [0.25, 0.3) is 0 Å². The van der Waals surface area contributed by atoms with E-state index in [0.717, 1.165) is 0 Å². The maximum atomic E-state index is 10.5. The minimum atomic E-state index is -5.97. The van der Waals surface area contributed by atoms with Gasteiger partial charge in [-0.3, -0.25) is 13.2 Å². The van der Waals surface area contributed by atoms with Crippen molar-refractivity contribution >= 4 is 29.4 Å². The van der Waals surface area contributed by atoms with Crippen LogP contribution in [0.2, 0.25) is 0 Å². The maximum absolute atomic E-state index is 10.5. The van der Waals surface area contributed by atoms with E-state index in [0.29, 0.717) is 0 Å². The van der Waals surface area contributed by atoms with Crippen molar-refractivity contribution in [2.24, 2.45) is 0 Å². The Morgan fingerprint density at radius 1 is 0.900 bits per heavy atom. The van der Waals surface area contributed by atoms with Crippen LogP contribution in [0.15, 0.2) is 11.5 Å². The van der Waals surface area contributed by atoms with Crippen LogP contribution in [0.4, 0.5) is 0 Å². The van der Waals surface area contributed by atoms with Crippen LogP contribution < -0.4 is 172 Å². The van der Waals surface area contributed by atoms with Crippen LogP contribution in [0.1, 0.15) is 0 Å². The van der Waals surface area contributed by atoms with E-state index in [1.54, 1.807) is 0 Å². The fourth-order valence-corrected chi connectivity index (χ4v) is 3.43. The Morgan fingerprint density at radius 2 is 1.23 bits per heavy atom.